The molecule has 3 amide bonds. The van der Waals surface area contributed by atoms with Gasteiger partial charge in [0.15, 0.2) is 5.13 Å². The zero-order valence-electron chi connectivity index (χ0n) is 25.5. The SMILES string of the molecule is CC(C)Cc1cc(NC(=O)Nc2cnc(Oc3ccc(-c4cnc(N5CCCC5=O)s4)cc3)nc2)n(-c2ccc(S(N)(=O)=O)cc2)n1. The Morgan fingerprint density at radius 3 is 2.38 bits per heavy atom. The third-order valence-electron chi connectivity index (χ3n) is 7.06. The number of aromatic nitrogens is 5. The van der Waals surface area contributed by atoms with Crippen LogP contribution in [0.3, 0.4) is 0 Å². The summed E-state index contributed by atoms with van der Waals surface area (Å²) in [6.45, 7) is 4.81. The molecule has 0 unspecified atom stereocenters. The Hall–Kier alpha value is -5.19. The van der Waals surface area contributed by atoms with Crippen molar-refractivity contribution in [3.8, 4) is 27.9 Å². The van der Waals surface area contributed by atoms with Crippen molar-refractivity contribution < 1.29 is 22.7 Å². The zero-order valence-corrected chi connectivity index (χ0v) is 27.1. The number of ether oxygens (including phenoxy) is 1. The predicted molar refractivity (Wildman–Crippen MR) is 177 cm³/mol. The normalized spacial score (nSPS) is 13.3. The highest BCUT2D eigenvalue weighted by molar-refractivity contribution is 7.89. The van der Waals surface area contributed by atoms with Crippen molar-refractivity contribution in [2.75, 3.05) is 22.1 Å². The topological polar surface area (TPSA) is 187 Å². The van der Waals surface area contributed by atoms with Crippen LogP contribution in [-0.2, 0) is 21.2 Å². The lowest BCUT2D eigenvalue weighted by atomic mass is 10.1. The van der Waals surface area contributed by atoms with Crippen LogP contribution in [-0.4, -0.2) is 51.6 Å². The van der Waals surface area contributed by atoms with E-state index >= 15 is 0 Å². The third-order valence-corrected chi connectivity index (χ3v) is 9.06. The minimum atomic E-state index is -3.85. The Bertz CT molecular complexity index is 2010. The Morgan fingerprint density at radius 2 is 1.74 bits per heavy atom. The molecule has 0 atom stereocenters. The predicted octanol–water partition coefficient (Wildman–Crippen LogP) is 5.19. The fourth-order valence-electron chi connectivity index (χ4n) is 4.89. The first kappa shape index (κ1) is 31.8. The smallest absolute Gasteiger partial charge is 0.324 e. The molecule has 0 bridgehead atoms. The molecule has 0 aliphatic carbocycles. The van der Waals surface area contributed by atoms with Gasteiger partial charge in [0.25, 0.3) is 0 Å². The maximum absolute atomic E-state index is 12.9. The largest absolute Gasteiger partial charge is 0.424 e. The van der Waals surface area contributed by atoms with Crippen LogP contribution in [0.2, 0.25) is 0 Å². The molecule has 3 aromatic heterocycles. The number of primary sulfonamides is 1. The molecule has 1 fully saturated rings. The number of anilines is 3. The average molecular weight is 674 g/mol. The molecule has 14 nitrogen and oxygen atoms in total. The lowest BCUT2D eigenvalue weighted by Crippen LogP contribution is -2.23. The molecule has 0 radical (unpaired) electrons. The number of amides is 3. The van der Waals surface area contributed by atoms with Crippen molar-refractivity contribution in [3.63, 3.8) is 0 Å². The second-order valence-electron chi connectivity index (χ2n) is 11.2. The van der Waals surface area contributed by atoms with Crippen molar-refractivity contribution in [1.29, 1.82) is 0 Å². The van der Waals surface area contributed by atoms with E-state index in [9.17, 15) is 18.0 Å². The van der Waals surface area contributed by atoms with E-state index in [4.69, 9.17) is 9.88 Å². The zero-order chi connectivity index (χ0) is 33.1. The number of hydrogen-bond acceptors (Lipinski definition) is 10. The summed E-state index contributed by atoms with van der Waals surface area (Å²) in [4.78, 5) is 40.4. The van der Waals surface area contributed by atoms with Crippen LogP contribution in [0.1, 0.15) is 32.4 Å². The van der Waals surface area contributed by atoms with Crippen LogP contribution in [0.5, 0.6) is 11.8 Å². The van der Waals surface area contributed by atoms with Crippen molar-refractivity contribution in [2.45, 2.75) is 38.0 Å². The van der Waals surface area contributed by atoms with Crippen molar-refractivity contribution in [1.82, 2.24) is 24.7 Å². The molecule has 6 rings (SSSR count). The summed E-state index contributed by atoms with van der Waals surface area (Å²) in [5.74, 6) is 1.33. The number of thiazole rings is 1. The highest BCUT2D eigenvalue weighted by Gasteiger charge is 2.24. The molecule has 47 heavy (non-hydrogen) atoms. The van der Waals surface area contributed by atoms with E-state index in [0.717, 1.165) is 22.6 Å². The molecule has 1 saturated heterocycles. The Kier molecular flexibility index (Phi) is 8.97. The number of nitrogens with zero attached hydrogens (tertiary/aromatic N) is 6. The van der Waals surface area contributed by atoms with Gasteiger partial charge in [-0.25, -0.2) is 38.0 Å². The first-order valence-electron chi connectivity index (χ1n) is 14.7. The Balaban J connectivity index is 1.08. The van der Waals surface area contributed by atoms with E-state index in [0.29, 0.717) is 53.4 Å². The molecule has 1 aliphatic heterocycles. The van der Waals surface area contributed by atoms with Crippen molar-refractivity contribution in [2.24, 2.45) is 11.1 Å². The fourth-order valence-corrected chi connectivity index (χ4v) is 6.37. The van der Waals surface area contributed by atoms with Gasteiger partial charge in [0.05, 0.1) is 39.2 Å². The summed E-state index contributed by atoms with van der Waals surface area (Å²) in [6, 6.07) is 14.5. The Morgan fingerprint density at radius 1 is 1.02 bits per heavy atom. The van der Waals surface area contributed by atoms with E-state index in [1.807, 2.05) is 12.1 Å². The summed E-state index contributed by atoms with van der Waals surface area (Å²) in [7, 11) is -3.85. The third kappa shape index (κ3) is 7.62. The number of sulfonamides is 1. The standard InChI is InChI=1S/C31H31N9O5S2/c1-19(2)14-21-15-27(40(38-21)23-7-11-25(12-8-23)47(32,43)44)37-29(42)36-22-16-33-30(34-17-22)45-24-9-5-20(6-10-24)26-18-35-31(46-26)39-13-3-4-28(39)41/h5-12,15-19H,3-4,13-14H2,1-2H3,(H2,32,43,44)(H2,36,37,42). The summed E-state index contributed by atoms with van der Waals surface area (Å²) >= 11 is 1.47. The van der Waals surface area contributed by atoms with Gasteiger partial charge >= 0.3 is 12.0 Å². The van der Waals surface area contributed by atoms with Gasteiger partial charge in [-0.15, -0.1) is 0 Å². The number of benzene rings is 2. The van der Waals surface area contributed by atoms with Crippen LogP contribution in [0.25, 0.3) is 16.1 Å². The number of hydrogen-bond donors (Lipinski definition) is 3. The highest BCUT2D eigenvalue weighted by atomic mass is 32.2. The van der Waals surface area contributed by atoms with Crippen molar-refractivity contribution in [3.05, 3.63) is 78.9 Å². The molecule has 16 heteroatoms. The van der Waals surface area contributed by atoms with Crippen LogP contribution < -0.4 is 25.4 Å². The molecule has 242 valence electrons. The molecule has 0 spiro atoms. The molecular weight excluding hydrogens is 643 g/mol. The van der Waals surface area contributed by atoms with Gasteiger partial charge in [-0.3, -0.25) is 15.0 Å². The number of nitrogens with two attached hydrogens (primary N) is 1. The van der Waals surface area contributed by atoms with Gasteiger partial charge in [-0.05, 0) is 72.9 Å². The maximum atomic E-state index is 12.9. The van der Waals surface area contributed by atoms with Crippen molar-refractivity contribution >= 4 is 49.9 Å². The number of urea groups is 1. The molecule has 0 saturated carbocycles. The van der Waals surface area contributed by atoms with Gasteiger partial charge in [0.2, 0.25) is 15.9 Å². The maximum Gasteiger partial charge on any atom is 0.324 e. The van der Waals surface area contributed by atoms with E-state index in [1.165, 1.54) is 40.5 Å². The van der Waals surface area contributed by atoms with Gasteiger partial charge < -0.3 is 10.1 Å². The minimum absolute atomic E-state index is 0.0329. The summed E-state index contributed by atoms with van der Waals surface area (Å²) in [5, 5.41) is 16.0. The highest BCUT2D eigenvalue weighted by Crippen LogP contribution is 2.34. The lowest BCUT2D eigenvalue weighted by Gasteiger charge is -2.11. The van der Waals surface area contributed by atoms with Gasteiger partial charge in [0.1, 0.15) is 11.6 Å². The number of rotatable bonds is 10. The van der Waals surface area contributed by atoms with Crippen LogP contribution >= 0.6 is 11.3 Å². The first-order chi connectivity index (χ1) is 22.5. The van der Waals surface area contributed by atoms with E-state index in [-0.39, 0.29) is 16.8 Å². The quantitative estimate of drug-likeness (QED) is 0.179. The molecule has 2 aromatic carbocycles. The molecule has 4 heterocycles. The first-order valence-corrected chi connectivity index (χ1v) is 17.0. The van der Waals surface area contributed by atoms with E-state index in [2.05, 4.69) is 44.5 Å². The fraction of sp³-hybridized carbons (Fsp3) is 0.226. The van der Waals surface area contributed by atoms with Crippen LogP contribution in [0.15, 0.2) is 78.1 Å². The van der Waals surface area contributed by atoms with E-state index < -0.39 is 16.1 Å². The van der Waals surface area contributed by atoms with Crippen LogP contribution in [0, 0.1) is 5.92 Å². The number of carbonyl (C=O) groups is 2. The van der Waals surface area contributed by atoms with Gasteiger partial charge in [0, 0.05) is 25.2 Å². The monoisotopic (exact) mass is 673 g/mol. The van der Waals surface area contributed by atoms with Crippen LogP contribution in [0.4, 0.5) is 21.4 Å². The Labute approximate surface area is 274 Å². The lowest BCUT2D eigenvalue weighted by molar-refractivity contribution is -0.117. The molecule has 4 N–H and O–H groups in total. The number of nitrogens with one attached hydrogen (secondary N) is 2. The van der Waals surface area contributed by atoms with Gasteiger partial charge in [-0.2, -0.15) is 5.10 Å². The second-order valence-corrected chi connectivity index (χ2v) is 13.8. The van der Waals surface area contributed by atoms with E-state index in [1.54, 1.807) is 41.4 Å². The molecular formula is C31H31N9O5S2. The minimum Gasteiger partial charge on any atom is -0.424 e. The molecule has 1 aliphatic rings. The molecule has 5 aromatic rings. The number of carbonyl (C=O) groups excluding carboxylic acids is 2. The summed E-state index contributed by atoms with van der Waals surface area (Å²) in [6.07, 6.45) is 6.68. The second kappa shape index (κ2) is 13.3. The average Bonchev–Trinajstić information content (AvgIpc) is 3.78. The summed E-state index contributed by atoms with van der Waals surface area (Å²) in [5.41, 5.74) is 2.56. The summed E-state index contributed by atoms with van der Waals surface area (Å²) < 4.78 is 30.6. The van der Waals surface area contributed by atoms with Gasteiger partial charge in [-0.1, -0.05) is 25.2 Å².